The molecule has 0 amide bonds. The molecule has 0 spiro atoms. The lowest BCUT2D eigenvalue weighted by atomic mass is 10.1. The Morgan fingerprint density at radius 3 is 2.68 bits per heavy atom. The number of thioether (sulfide) groups is 1. The zero-order chi connectivity index (χ0) is 14.7. The third kappa shape index (κ3) is 5.09. The maximum absolute atomic E-state index is 12.0. The summed E-state index contributed by atoms with van der Waals surface area (Å²) >= 11 is 12.8. The van der Waals surface area contributed by atoms with Gasteiger partial charge in [-0.3, -0.25) is 0 Å². The average Bonchev–Trinajstić information content (AvgIpc) is 2.30. The molecule has 2 N–H and O–H groups in total. The van der Waals surface area contributed by atoms with Crippen LogP contribution in [-0.4, -0.2) is 42.7 Å². The number of aliphatic hydroxyl groups is 1. The third-order valence-corrected chi connectivity index (χ3v) is 5.14. The molecule has 1 rings (SSSR count). The zero-order valence-electron chi connectivity index (χ0n) is 10.4. The number of hydrogen-bond acceptors (Lipinski definition) is 5. The topological polar surface area (TPSA) is 79.3 Å². The van der Waals surface area contributed by atoms with Crippen molar-refractivity contribution in [2.45, 2.75) is 17.4 Å². The Morgan fingerprint density at radius 1 is 1.53 bits per heavy atom. The second kappa shape index (κ2) is 6.60. The number of rotatable bonds is 6. The van der Waals surface area contributed by atoms with Gasteiger partial charge in [-0.2, -0.15) is 11.8 Å². The van der Waals surface area contributed by atoms with E-state index in [0.29, 0.717) is 5.75 Å². The predicted molar refractivity (Wildman–Crippen MR) is 78.5 cm³/mol. The Hall–Kier alpha value is -0.0500. The molecule has 9 heteroatoms. The Morgan fingerprint density at radius 2 is 2.16 bits per heavy atom. The van der Waals surface area contributed by atoms with Crippen molar-refractivity contribution < 1.29 is 13.5 Å². The first kappa shape index (κ1) is 17.0. The number of halogens is 2. The van der Waals surface area contributed by atoms with E-state index >= 15 is 0 Å². The summed E-state index contributed by atoms with van der Waals surface area (Å²) < 4.78 is 26.3. The van der Waals surface area contributed by atoms with Crippen molar-refractivity contribution in [2.24, 2.45) is 0 Å². The van der Waals surface area contributed by atoms with E-state index in [1.54, 1.807) is 6.92 Å². The van der Waals surface area contributed by atoms with Gasteiger partial charge in [0, 0.05) is 18.5 Å². The van der Waals surface area contributed by atoms with E-state index < -0.39 is 15.6 Å². The van der Waals surface area contributed by atoms with E-state index in [4.69, 9.17) is 23.2 Å². The molecule has 1 aromatic heterocycles. The molecule has 1 heterocycles. The number of nitrogens with one attached hydrogen (secondary N) is 1. The van der Waals surface area contributed by atoms with E-state index in [9.17, 15) is 13.5 Å². The molecule has 1 aromatic rings. The molecule has 0 aliphatic carbocycles. The molecule has 108 valence electrons. The lowest BCUT2D eigenvalue weighted by Crippen LogP contribution is -2.42. The molecule has 0 aliphatic heterocycles. The van der Waals surface area contributed by atoms with Gasteiger partial charge in [0.1, 0.15) is 10.0 Å². The largest absolute Gasteiger partial charge is 0.388 e. The van der Waals surface area contributed by atoms with E-state index in [-0.39, 0.29) is 21.6 Å². The second-order valence-corrected chi connectivity index (χ2v) is 7.60. The average molecular weight is 345 g/mol. The standard InChI is InChI=1S/C10H14Cl2N2O3S2/c1-10(15,6-18-2)5-14-19(16,17)7-3-8(11)9(12)13-4-7/h3-4,14-15H,5-6H2,1-2H3. The van der Waals surface area contributed by atoms with Gasteiger partial charge in [0.15, 0.2) is 0 Å². The van der Waals surface area contributed by atoms with Crippen molar-refractivity contribution in [1.82, 2.24) is 9.71 Å². The summed E-state index contributed by atoms with van der Waals surface area (Å²) in [7, 11) is -3.78. The molecule has 0 radical (unpaired) electrons. The monoisotopic (exact) mass is 344 g/mol. The first-order valence-electron chi connectivity index (χ1n) is 5.20. The summed E-state index contributed by atoms with van der Waals surface area (Å²) in [6, 6.07) is 1.21. The van der Waals surface area contributed by atoms with Gasteiger partial charge in [-0.05, 0) is 19.2 Å². The maximum atomic E-state index is 12.0. The van der Waals surface area contributed by atoms with Crippen molar-refractivity contribution in [1.29, 1.82) is 0 Å². The van der Waals surface area contributed by atoms with Gasteiger partial charge in [-0.25, -0.2) is 18.1 Å². The molecule has 1 atom stereocenters. The highest BCUT2D eigenvalue weighted by molar-refractivity contribution is 7.98. The normalized spacial score (nSPS) is 15.2. The fourth-order valence-corrected chi connectivity index (χ4v) is 3.44. The number of sulfonamides is 1. The Kier molecular flexibility index (Phi) is 5.91. The third-order valence-electron chi connectivity index (χ3n) is 2.18. The predicted octanol–water partition coefficient (Wildman–Crippen LogP) is 1.78. The lowest BCUT2D eigenvalue weighted by Gasteiger charge is -2.22. The quantitative estimate of drug-likeness (QED) is 0.769. The molecule has 0 bridgehead atoms. The van der Waals surface area contributed by atoms with Gasteiger partial charge in [0.05, 0.1) is 10.6 Å². The highest BCUT2D eigenvalue weighted by Gasteiger charge is 2.24. The molecular formula is C10H14Cl2N2O3S2. The first-order valence-corrected chi connectivity index (χ1v) is 8.83. The van der Waals surface area contributed by atoms with Crippen LogP contribution in [0.5, 0.6) is 0 Å². The van der Waals surface area contributed by atoms with Crippen LogP contribution in [0.25, 0.3) is 0 Å². The van der Waals surface area contributed by atoms with E-state index in [0.717, 1.165) is 6.20 Å². The van der Waals surface area contributed by atoms with Crippen LogP contribution in [0.4, 0.5) is 0 Å². The second-order valence-electron chi connectivity index (χ2n) is 4.20. The Balaban J connectivity index is 2.84. The highest BCUT2D eigenvalue weighted by atomic mass is 35.5. The molecular weight excluding hydrogens is 331 g/mol. The van der Waals surface area contributed by atoms with Crippen LogP contribution in [0.3, 0.4) is 0 Å². The molecule has 0 aromatic carbocycles. The molecule has 5 nitrogen and oxygen atoms in total. The van der Waals surface area contributed by atoms with Crippen molar-refractivity contribution >= 4 is 45.0 Å². The Labute approximate surface area is 126 Å². The first-order chi connectivity index (χ1) is 8.68. The molecule has 19 heavy (non-hydrogen) atoms. The van der Waals surface area contributed by atoms with Crippen LogP contribution < -0.4 is 4.72 Å². The lowest BCUT2D eigenvalue weighted by molar-refractivity contribution is 0.0908. The van der Waals surface area contributed by atoms with E-state index in [1.807, 2.05) is 6.26 Å². The minimum absolute atomic E-state index is 0.0370. The fourth-order valence-electron chi connectivity index (χ4n) is 1.25. The van der Waals surface area contributed by atoms with Crippen molar-refractivity contribution in [3.05, 3.63) is 22.4 Å². The van der Waals surface area contributed by atoms with Crippen LogP contribution in [0, 0.1) is 0 Å². The minimum atomic E-state index is -3.78. The summed E-state index contributed by atoms with van der Waals surface area (Å²) in [5.74, 6) is 0.412. The summed E-state index contributed by atoms with van der Waals surface area (Å²) in [6.45, 7) is 1.45. The molecule has 0 saturated carbocycles. The Bertz CT molecular complexity index is 550. The van der Waals surface area contributed by atoms with Crippen LogP contribution in [0.2, 0.25) is 10.2 Å². The summed E-state index contributed by atoms with van der Waals surface area (Å²) in [5, 5.41) is 10.0. The number of aromatic nitrogens is 1. The van der Waals surface area contributed by atoms with Gasteiger partial charge >= 0.3 is 0 Å². The van der Waals surface area contributed by atoms with Gasteiger partial charge in [0.25, 0.3) is 0 Å². The van der Waals surface area contributed by atoms with E-state index in [2.05, 4.69) is 9.71 Å². The highest BCUT2D eigenvalue weighted by Crippen LogP contribution is 2.22. The van der Waals surface area contributed by atoms with Crippen LogP contribution in [-0.2, 0) is 10.0 Å². The van der Waals surface area contributed by atoms with Crippen LogP contribution in [0.15, 0.2) is 17.2 Å². The van der Waals surface area contributed by atoms with Gasteiger partial charge in [0.2, 0.25) is 10.0 Å². The number of hydrogen-bond donors (Lipinski definition) is 2. The molecule has 0 aliphatic rings. The van der Waals surface area contributed by atoms with Gasteiger partial charge in [-0.1, -0.05) is 23.2 Å². The van der Waals surface area contributed by atoms with E-state index in [1.165, 1.54) is 17.8 Å². The van der Waals surface area contributed by atoms with Crippen molar-refractivity contribution in [3.63, 3.8) is 0 Å². The number of pyridine rings is 1. The smallest absolute Gasteiger partial charge is 0.242 e. The van der Waals surface area contributed by atoms with Crippen molar-refractivity contribution in [2.75, 3.05) is 18.6 Å². The summed E-state index contributed by atoms with van der Waals surface area (Å²) in [5.41, 5.74) is -1.13. The summed E-state index contributed by atoms with van der Waals surface area (Å²) in [6.07, 6.45) is 2.94. The molecule has 1 unspecified atom stereocenters. The number of nitrogens with zero attached hydrogens (tertiary/aromatic N) is 1. The summed E-state index contributed by atoms with van der Waals surface area (Å²) in [4.78, 5) is 3.58. The van der Waals surface area contributed by atoms with Gasteiger partial charge < -0.3 is 5.11 Å². The SMILES string of the molecule is CSCC(C)(O)CNS(=O)(=O)c1cnc(Cl)c(Cl)c1. The fraction of sp³-hybridized carbons (Fsp3) is 0.500. The molecule has 0 saturated heterocycles. The molecule has 0 fully saturated rings. The van der Waals surface area contributed by atoms with Crippen LogP contribution >= 0.6 is 35.0 Å². The zero-order valence-corrected chi connectivity index (χ0v) is 13.5. The maximum Gasteiger partial charge on any atom is 0.242 e. The van der Waals surface area contributed by atoms with Crippen LogP contribution in [0.1, 0.15) is 6.92 Å². The van der Waals surface area contributed by atoms with Gasteiger partial charge in [-0.15, -0.1) is 0 Å². The van der Waals surface area contributed by atoms with Crippen molar-refractivity contribution in [3.8, 4) is 0 Å². The minimum Gasteiger partial charge on any atom is -0.388 e.